The molecule has 7 heteroatoms. The quantitative estimate of drug-likeness (QED) is 0.598. The third-order valence-corrected chi connectivity index (χ3v) is 6.97. The van der Waals surface area contributed by atoms with Crippen LogP contribution in [0.2, 0.25) is 0 Å². The van der Waals surface area contributed by atoms with Crippen molar-refractivity contribution in [1.82, 2.24) is 19.7 Å². The van der Waals surface area contributed by atoms with Crippen LogP contribution in [0.5, 0.6) is 0 Å². The Morgan fingerprint density at radius 1 is 1.13 bits per heavy atom. The molecule has 0 atom stereocenters. The van der Waals surface area contributed by atoms with E-state index in [2.05, 4.69) is 32.1 Å². The number of rotatable bonds is 7. The molecular weight excluding hydrogens is 390 g/mol. The van der Waals surface area contributed by atoms with E-state index < -0.39 is 0 Å². The highest BCUT2D eigenvalue weighted by Crippen LogP contribution is 2.52. The number of benzene rings is 1. The largest absolute Gasteiger partial charge is 0.396 e. The molecule has 0 amide bonds. The fourth-order valence-electron chi connectivity index (χ4n) is 5.07. The predicted octanol–water partition coefficient (Wildman–Crippen LogP) is 2.79. The Balaban J connectivity index is 1.27. The van der Waals surface area contributed by atoms with Crippen LogP contribution >= 0.6 is 0 Å². The highest BCUT2D eigenvalue weighted by atomic mass is 16.3. The molecule has 0 radical (unpaired) electrons. The second-order valence-electron chi connectivity index (χ2n) is 9.29. The van der Waals surface area contributed by atoms with E-state index in [1.165, 1.54) is 5.56 Å². The Morgan fingerprint density at radius 3 is 2.65 bits per heavy atom. The highest BCUT2D eigenvalue weighted by molar-refractivity contribution is 6.06. The van der Waals surface area contributed by atoms with Gasteiger partial charge in [-0.1, -0.05) is 30.3 Å². The van der Waals surface area contributed by atoms with Gasteiger partial charge < -0.3 is 10.0 Å². The normalized spacial score (nSPS) is 24.3. The van der Waals surface area contributed by atoms with E-state index >= 15 is 0 Å². The fourth-order valence-corrected chi connectivity index (χ4v) is 5.07. The first-order valence-electron chi connectivity index (χ1n) is 11.0. The molecule has 31 heavy (non-hydrogen) atoms. The molecule has 2 saturated carbocycles. The number of aliphatic hydroxyl groups excluding tert-OH is 1. The van der Waals surface area contributed by atoms with Crippen molar-refractivity contribution in [2.45, 2.75) is 44.2 Å². The lowest BCUT2D eigenvalue weighted by Gasteiger charge is -2.34. The van der Waals surface area contributed by atoms with Gasteiger partial charge in [0.2, 0.25) is 11.7 Å². The molecule has 7 rings (SSSR count). The van der Waals surface area contributed by atoms with Crippen molar-refractivity contribution < 1.29 is 9.90 Å². The average molecular weight is 415 g/mol. The molecule has 4 fully saturated rings. The monoisotopic (exact) mass is 415 g/mol. The lowest BCUT2D eigenvalue weighted by Crippen LogP contribution is -2.37. The van der Waals surface area contributed by atoms with Crippen LogP contribution in [0.1, 0.15) is 59.0 Å². The first kappa shape index (κ1) is 18.7. The second kappa shape index (κ2) is 6.99. The van der Waals surface area contributed by atoms with Crippen LogP contribution in [0, 0.1) is 5.41 Å². The molecule has 4 aliphatic rings. The summed E-state index contributed by atoms with van der Waals surface area (Å²) in [4.78, 5) is 24.4. The minimum absolute atomic E-state index is 0.0105. The smallest absolute Gasteiger partial charge is 0.231 e. The molecule has 2 aromatic heterocycles. The zero-order valence-electron chi connectivity index (χ0n) is 17.3. The summed E-state index contributed by atoms with van der Waals surface area (Å²) >= 11 is 0. The van der Waals surface area contributed by atoms with E-state index in [-0.39, 0.29) is 17.8 Å². The summed E-state index contributed by atoms with van der Waals surface area (Å²) in [6.07, 6.45) is 5.89. The van der Waals surface area contributed by atoms with E-state index in [1.54, 1.807) is 12.3 Å². The van der Waals surface area contributed by atoms with Gasteiger partial charge in [0.15, 0.2) is 0 Å². The molecule has 158 valence electrons. The van der Waals surface area contributed by atoms with Gasteiger partial charge in [-0.05, 0) is 43.4 Å². The SMILES string of the molecule is O=C(c1ccnc(N2CC3(CO)CC2C3)n1)c1cc(C2CC2)n(Cc2ccccc2)n1. The third kappa shape index (κ3) is 3.24. The number of nitrogens with zero attached hydrogens (tertiary/aromatic N) is 5. The Kier molecular flexibility index (Phi) is 4.21. The summed E-state index contributed by atoms with van der Waals surface area (Å²) in [6, 6.07) is 14.2. The summed E-state index contributed by atoms with van der Waals surface area (Å²) in [5, 5.41) is 14.3. The second-order valence-corrected chi connectivity index (χ2v) is 9.29. The van der Waals surface area contributed by atoms with Gasteiger partial charge in [-0.3, -0.25) is 9.48 Å². The van der Waals surface area contributed by atoms with Gasteiger partial charge in [0.05, 0.1) is 13.2 Å². The number of hydrogen-bond donors (Lipinski definition) is 1. The lowest BCUT2D eigenvalue weighted by molar-refractivity contribution is 0.0873. The Bertz CT molecular complexity index is 1130. The molecule has 1 N–H and O–H groups in total. The van der Waals surface area contributed by atoms with E-state index in [4.69, 9.17) is 0 Å². The van der Waals surface area contributed by atoms with Crippen molar-refractivity contribution in [1.29, 1.82) is 0 Å². The summed E-state index contributed by atoms with van der Waals surface area (Å²) < 4.78 is 1.97. The molecule has 2 bridgehead atoms. The van der Waals surface area contributed by atoms with Gasteiger partial charge in [-0.15, -0.1) is 0 Å². The molecule has 7 nitrogen and oxygen atoms in total. The van der Waals surface area contributed by atoms with E-state index in [1.807, 2.05) is 28.9 Å². The van der Waals surface area contributed by atoms with E-state index in [0.29, 0.717) is 35.8 Å². The summed E-state index contributed by atoms with van der Waals surface area (Å²) in [6.45, 7) is 1.61. The maximum atomic E-state index is 13.3. The van der Waals surface area contributed by atoms with Gasteiger partial charge >= 0.3 is 0 Å². The Hall–Kier alpha value is -3.06. The number of carbonyl (C=O) groups excluding carboxylic acids is 1. The van der Waals surface area contributed by atoms with E-state index in [9.17, 15) is 9.90 Å². The number of aliphatic hydroxyl groups is 1. The molecule has 3 aromatic rings. The minimum atomic E-state index is -0.166. The standard InChI is InChI=1S/C24H25N5O2/c30-15-24-11-18(12-24)28(14-24)23-25-9-8-19(26-23)22(31)20-10-21(17-6-7-17)29(27-20)13-16-4-2-1-3-5-16/h1-5,8-10,17-18,30H,6-7,11-15H2. The average Bonchev–Trinajstić information content (AvgIpc) is 3.28. The highest BCUT2D eigenvalue weighted by Gasteiger charge is 2.55. The molecule has 0 unspecified atom stereocenters. The first-order chi connectivity index (χ1) is 15.1. The number of anilines is 1. The molecular formula is C24H25N5O2. The zero-order valence-corrected chi connectivity index (χ0v) is 17.3. The molecule has 2 aliphatic heterocycles. The minimum Gasteiger partial charge on any atom is -0.396 e. The molecule has 1 aromatic carbocycles. The van der Waals surface area contributed by atoms with Crippen molar-refractivity contribution in [3.8, 4) is 0 Å². The van der Waals surface area contributed by atoms with Crippen molar-refractivity contribution in [3.63, 3.8) is 0 Å². The molecule has 4 heterocycles. The molecule has 2 aliphatic carbocycles. The van der Waals surface area contributed by atoms with Crippen LogP contribution in [0.4, 0.5) is 5.95 Å². The Labute approximate surface area is 180 Å². The summed E-state index contributed by atoms with van der Waals surface area (Å²) in [7, 11) is 0. The van der Waals surface area contributed by atoms with Gasteiger partial charge in [0.25, 0.3) is 0 Å². The van der Waals surface area contributed by atoms with Gasteiger partial charge in [0.1, 0.15) is 11.4 Å². The predicted molar refractivity (Wildman–Crippen MR) is 115 cm³/mol. The first-order valence-corrected chi connectivity index (χ1v) is 11.0. The van der Waals surface area contributed by atoms with Crippen LogP contribution in [0.15, 0.2) is 48.7 Å². The van der Waals surface area contributed by atoms with Crippen LogP contribution in [0.3, 0.4) is 0 Å². The molecule has 0 spiro atoms. The Morgan fingerprint density at radius 2 is 1.94 bits per heavy atom. The summed E-state index contributed by atoms with van der Waals surface area (Å²) in [5.41, 5.74) is 3.11. The van der Waals surface area contributed by atoms with Crippen molar-refractivity contribution in [2.24, 2.45) is 5.41 Å². The van der Waals surface area contributed by atoms with Crippen molar-refractivity contribution in [3.05, 3.63) is 71.3 Å². The van der Waals surface area contributed by atoms with Crippen LogP contribution in [0.25, 0.3) is 0 Å². The maximum Gasteiger partial charge on any atom is 0.231 e. The summed E-state index contributed by atoms with van der Waals surface area (Å²) in [5.74, 6) is 0.903. The maximum absolute atomic E-state index is 13.3. The third-order valence-electron chi connectivity index (χ3n) is 6.97. The zero-order chi connectivity index (χ0) is 21.0. The van der Waals surface area contributed by atoms with Crippen LogP contribution in [-0.4, -0.2) is 49.8 Å². The van der Waals surface area contributed by atoms with E-state index in [0.717, 1.165) is 37.9 Å². The van der Waals surface area contributed by atoms with Crippen LogP contribution < -0.4 is 4.90 Å². The number of aromatic nitrogens is 4. The number of carbonyl (C=O) groups is 1. The topological polar surface area (TPSA) is 84.1 Å². The van der Waals surface area contributed by atoms with Crippen LogP contribution in [-0.2, 0) is 6.54 Å². The number of fused-ring (bicyclic) bond motifs is 1. The lowest BCUT2D eigenvalue weighted by atomic mass is 9.71. The number of ketones is 1. The van der Waals surface area contributed by atoms with Gasteiger partial charge in [-0.25, -0.2) is 9.97 Å². The fraction of sp³-hybridized carbons (Fsp3) is 0.417. The van der Waals surface area contributed by atoms with Gasteiger partial charge in [-0.2, -0.15) is 5.10 Å². The molecule has 2 saturated heterocycles. The van der Waals surface area contributed by atoms with Crippen molar-refractivity contribution in [2.75, 3.05) is 18.1 Å². The van der Waals surface area contributed by atoms with Crippen molar-refractivity contribution >= 4 is 11.7 Å². The number of hydrogen-bond acceptors (Lipinski definition) is 6. The van der Waals surface area contributed by atoms with Gasteiger partial charge in [0, 0.05) is 35.8 Å².